The van der Waals surface area contributed by atoms with Gasteiger partial charge in [0.15, 0.2) is 5.82 Å². The van der Waals surface area contributed by atoms with E-state index < -0.39 is 17.3 Å². The van der Waals surface area contributed by atoms with Gasteiger partial charge in [0.05, 0.1) is 34.9 Å². The number of aryl methyl sites for hydroxylation is 2. The molecule has 1 aliphatic heterocycles. The number of imidazole rings is 1. The van der Waals surface area contributed by atoms with E-state index in [4.69, 9.17) is 4.98 Å². The molecule has 12 heteroatoms. The first-order valence-corrected chi connectivity index (χ1v) is 15.5. The molecule has 5 rings (SSSR count). The number of rotatable bonds is 10. The summed E-state index contributed by atoms with van der Waals surface area (Å²) >= 11 is 0. The maximum absolute atomic E-state index is 15.8. The Labute approximate surface area is 264 Å². The van der Waals surface area contributed by atoms with Gasteiger partial charge in [-0.15, -0.1) is 0 Å². The van der Waals surface area contributed by atoms with Gasteiger partial charge >= 0.3 is 0 Å². The van der Waals surface area contributed by atoms with E-state index in [2.05, 4.69) is 63.4 Å². The number of hydrogen-bond donors (Lipinski definition) is 2. The number of piperidine rings is 1. The van der Waals surface area contributed by atoms with Gasteiger partial charge in [-0.05, 0) is 85.9 Å². The summed E-state index contributed by atoms with van der Waals surface area (Å²) in [5.41, 5.74) is 3.14. The summed E-state index contributed by atoms with van der Waals surface area (Å²) in [6.07, 6.45) is 3.70. The first-order chi connectivity index (χ1) is 21.2. The van der Waals surface area contributed by atoms with E-state index in [-0.39, 0.29) is 23.8 Å². The van der Waals surface area contributed by atoms with E-state index in [0.717, 1.165) is 55.9 Å². The van der Waals surface area contributed by atoms with Gasteiger partial charge < -0.3 is 24.4 Å². The smallest absolute Gasteiger partial charge is 0.261 e. The fourth-order valence-corrected chi connectivity index (χ4v) is 5.96. The van der Waals surface area contributed by atoms with Crippen molar-refractivity contribution in [3.05, 3.63) is 53.2 Å². The quantitative estimate of drug-likeness (QED) is 0.274. The lowest BCUT2D eigenvalue weighted by atomic mass is 10.0. The molecule has 1 aromatic carbocycles. The number of aromatic nitrogens is 5. The molecule has 0 spiro atoms. The van der Waals surface area contributed by atoms with Gasteiger partial charge in [0.2, 0.25) is 5.95 Å². The number of carbonyl (C=O) groups is 1. The van der Waals surface area contributed by atoms with Crippen LogP contribution in [0.2, 0.25) is 0 Å². The van der Waals surface area contributed by atoms with Crippen molar-refractivity contribution in [1.29, 1.82) is 0 Å². The molecule has 45 heavy (non-hydrogen) atoms. The average molecular weight is 620 g/mol. The van der Waals surface area contributed by atoms with Crippen molar-refractivity contribution >= 4 is 28.6 Å². The maximum Gasteiger partial charge on any atom is 0.261 e. The standard InChI is InChI=1S/C33H46FN9O2/c1-21-17-25(29(34)30(36-21)26-19-35-41(8)22(26)2)31(44)38-32-37-27-10-9-24(18-28(27)43(32)20-33(3,4)45)42-13-11-23(12-14-42)40(7)16-15-39(5)6/h9-10,17-19,23,45H,11-16,20H2,1-8H3,(H,37,38,44). The van der Waals surface area contributed by atoms with Crippen LogP contribution in [-0.4, -0.2) is 104 Å². The van der Waals surface area contributed by atoms with Crippen molar-refractivity contribution in [2.75, 3.05) is 57.5 Å². The van der Waals surface area contributed by atoms with E-state index in [1.165, 1.54) is 6.07 Å². The lowest BCUT2D eigenvalue weighted by Gasteiger charge is -2.38. The number of aliphatic hydroxyl groups is 1. The first-order valence-electron chi connectivity index (χ1n) is 15.5. The Morgan fingerprint density at radius 1 is 1.11 bits per heavy atom. The van der Waals surface area contributed by atoms with E-state index in [9.17, 15) is 9.90 Å². The molecule has 0 unspecified atom stereocenters. The van der Waals surface area contributed by atoms with Gasteiger partial charge in [-0.3, -0.25) is 14.8 Å². The van der Waals surface area contributed by atoms with E-state index >= 15 is 4.39 Å². The van der Waals surface area contributed by atoms with Crippen molar-refractivity contribution in [3.8, 4) is 11.3 Å². The number of likely N-dealkylation sites (N-methyl/N-ethyl adjacent to an activating group) is 2. The Morgan fingerprint density at radius 3 is 2.44 bits per heavy atom. The number of fused-ring (bicyclic) bond motifs is 1. The third-order valence-corrected chi connectivity index (χ3v) is 8.68. The molecule has 242 valence electrons. The molecular weight excluding hydrogens is 573 g/mol. The number of hydrogen-bond acceptors (Lipinski definition) is 8. The number of amides is 1. The minimum Gasteiger partial charge on any atom is -0.389 e. The summed E-state index contributed by atoms with van der Waals surface area (Å²) in [5.74, 6) is -1.13. The SMILES string of the molecule is Cc1cc(C(=O)Nc2nc3ccc(N4CCC(N(C)CCN(C)C)CC4)cc3n2CC(C)(C)O)c(F)c(-c2cnn(C)c2C)n1. The Kier molecular flexibility index (Phi) is 9.29. The van der Waals surface area contributed by atoms with Crippen molar-refractivity contribution in [1.82, 2.24) is 34.1 Å². The highest BCUT2D eigenvalue weighted by molar-refractivity contribution is 6.05. The number of nitrogens with one attached hydrogen (secondary N) is 1. The third-order valence-electron chi connectivity index (χ3n) is 8.68. The zero-order valence-corrected chi connectivity index (χ0v) is 27.7. The van der Waals surface area contributed by atoms with Gasteiger partial charge in [-0.25, -0.2) is 14.4 Å². The minimum absolute atomic E-state index is 0.0769. The molecule has 4 aromatic rings. The minimum atomic E-state index is -1.10. The second kappa shape index (κ2) is 12.9. The fraction of sp³-hybridized carbons (Fsp3) is 0.515. The number of benzene rings is 1. The maximum atomic E-state index is 15.8. The largest absolute Gasteiger partial charge is 0.389 e. The van der Waals surface area contributed by atoms with Gasteiger partial charge in [-0.1, -0.05) is 0 Å². The summed E-state index contributed by atoms with van der Waals surface area (Å²) in [5, 5.41) is 17.9. The number of carbonyl (C=O) groups excluding carboxylic acids is 1. The van der Waals surface area contributed by atoms with Crippen molar-refractivity contribution in [2.24, 2.45) is 7.05 Å². The molecule has 1 amide bonds. The second-order valence-corrected chi connectivity index (χ2v) is 13.2. The fourth-order valence-electron chi connectivity index (χ4n) is 5.96. The number of anilines is 2. The first kappa shape index (κ1) is 32.5. The van der Waals surface area contributed by atoms with E-state index in [1.54, 1.807) is 43.3 Å². The van der Waals surface area contributed by atoms with Gasteiger partial charge in [0, 0.05) is 61.9 Å². The second-order valence-electron chi connectivity index (χ2n) is 13.2. The Bertz CT molecular complexity index is 1680. The van der Waals surface area contributed by atoms with Crippen LogP contribution >= 0.6 is 0 Å². The summed E-state index contributed by atoms with van der Waals surface area (Å²) in [6.45, 7) is 11.1. The topological polar surface area (TPSA) is 108 Å². The van der Waals surface area contributed by atoms with Gasteiger partial charge in [0.1, 0.15) is 5.69 Å². The normalized spacial score (nSPS) is 14.7. The van der Waals surface area contributed by atoms with Crippen LogP contribution in [0.15, 0.2) is 30.5 Å². The predicted octanol–water partition coefficient (Wildman–Crippen LogP) is 4.07. The van der Waals surface area contributed by atoms with Crippen LogP contribution in [0.25, 0.3) is 22.3 Å². The van der Waals surface area contributed by atoms with Crippen LogP contribution in [0.5, 0.6) is 0 Å². The van der Waals surface area contributed by atoms with Crippen molar-refractivity contribution in [2.45, 2.75) is 58.7 Å². The highest BCUT2D eigenvalue weighted by atomic mass is 19.1. The number of pyridine rings is 1. The lowest BCUT2D eigenvalue weighted by Crippen LogP contribution is -2.45. The zero-order valence-electron chi connectivity index (χ0n) is 27.7. The van der Waals surface area contributed by atoms with Gasteiger partial charge in [-0.2, -0.15) is 5.10 Å². The Balaban J connectivity index is 1.42. The van der Waals surface area contributed by atoms with E-state index in [1.807, 2.05) is 13.0 Å². The van der Waals surface area contributed by atoms with Gasteiger partial charge in [0.25, 0.3) is 5.91 Å². The Hall–Kier alpha value is -3.87. The lowest BCUT2D eigenvalue weighted by molar-refractivity contribution is 0.0630. The van der Waals surface area contributed by atoms with E-state index in [0.29, 0.717) is 22.8 Å². The van der Waals surface area contributed by atoms with Crippen molar-refractivity contribution in [3.63, 3.8) is 0 Å². The predicted molar refractivity (Wildman–Crippen MR) is 176 cm³/mol. The molecule has 3 aromatic heterocycles. The van der Waals surface area contributed by atoms with Crippen LogP contribution in [-0.2, 0) is 13.6 Å². The highest BCUT2D eigenvalue weighted by Gasteiger charge is 2.27. The Morgan fingerprint density at radius 2 is 1.82 bits per heavy atom. The monoisotopic (exact) mass is 619 g/mol. The van der Waals surface area contributed by atoms with Crippen molar-refractivity contribution < 1.29 is 14.3 Å². The molecule has 0 aliphatic carbocycles. The molecule has 0 radical (unpaired) electrons. The molecule has 1 saturated heterocycles. The molecule has 1 aliphatic rings. The summed E-state index contributed by atoms with van der Waals surface area (Å²) in [6, 6.07) is 8.05. The molecule has 1 fully saturated rings. The molecule has 0 saturated carbocycles. The summed E-state index contributed by atoms with van der Waals surface area (Å²) in [7, 11) is 8.18. The van der Waals surface area contributed by atoms with Crippen LogP contribution in [0.1, 0.15) is 48.4 Å². The number of halogens is 1. The molecule has 4 heterocycles. The van der Waals surface area contributed by atoms with Crippen LogP contribution in [0, 0.1) is 19.7 Å². The molecule has 2 N–H and O–H groups in total. The summed E-state index contributed by atoms with van der Waals surface area (Å²) in [4.78, 5) is 29.8. The highest BCUT2D eigenvalue weighted by Crippen LogP contribution is 2.31. The third kappa shape index (κ3) is 7.18. The van der Waals surface area contributed by atoms with Crippen LogP contribution in [0.4, 0.5) is 16.0 Å². The molecular formula is C33H46FN9O2. The number of nitrogens with zero attached hydrogens (tertiary/aromatic N) is 8. The molecule has 0 bridgehead atoms. The average Bonchev–Trinajstić information content (AvgIpc) is 3.49. The van der Waals surface area contributed by atoms with Crippen LogP contribution in [0.3, 0.4) is 0 Å². The zero-order chi connectivity index (χ0) is 32.6. The molecule has 0 atom stereocenters. The summed E-state index contributed by atoms with van der Waals surface area (Å²) < 4.78 is 19.3. The van der Waals surface area contributed by atoms with Crippen LogP contribution < -0.4 is 10.2 Å². The molecule has 11 nitrogen and oxygen atoms in total.